The maximum atomic E-state index is 12.2. The van der Waals surface area contributed by atoms with Gasteiger partial charge >= 0.3 is 0 Å². The van der Waals surface area contributed by atoms with Gasteiger partial charge in [0.15, 0.2) is 0 Å². The van der Waals surface area contributed by atoms with Gasteiger partial charge in [-0.2, -0.15) is 5.10 Å². The van der Waals surface area contributed by atoms with Crippen LogP contribution in [0.15, 0.2) is 30.5 Å². The average Bonchev–Trinajstić information content (AvgIpc) is 2.90. The second-order valence-electron chi connectivity index (χ2n) is 7.66. The lowest BCUT2D eigenvalue weighted by molar-refractivity contribution is -0.116. The highest BCUT2D eigenvalue weighted by molar-refractivity contribution is 5.94. The lowest BCUT2D eigenvalue weighted by atomic mass is 9.86. The average molecular weight is 311 g/mol. The lowest BCUT2D eigenvalue weighted by Crippen LogP contribution is -2.30. The summed E-state index contributed by atoms with van der Waals surface area (Å²) < 4.78 is 1.91. The summed E-state index contributed by atoms with van der Waals surface area (Å²) in [6.45, 7) is 10.7. The maximum Gasteiger partial charge on any atom is 0.226 e. The van der Waals surface area contributed by atoms with Crippen LogP contribution < -0.4 is 5.32 Å². The molecule has 0 fully saturated rings. The third kappa shape index (κ3) is 2.90. The van der Waals surface area contributed by atoms with Gasteiger partial charge in [-0.15, -0.1) is 0 Å². The van der Waals surface area contributed by atoms with Crippen molar-refractivity contribution in [3.63, 3.8) is 0 Å². The van der Waals surface area contributed by atoms with Crippen LogP contribution in [0.3, 0.4) is 0 Å². The normalized spacial score (nSPS) is 18.0. The van der Waals surface area contributed by atoms with Crippen LogP contribution in [-0.4, -0.2) is 15.7 Å². The van der Waals surface area contributed by atoms with E-state index in [1.165, 1.54) is 11.1 Å². The third-order valence-electron chi connectivity index (χ3n) is 4.46. The Bertz CT molecular complexity index is 720. The highest BCUT2D eigenvalue weighted by Gasteiger charge is 2.32. The van der Waals surface area contributed by atoms with Gasteiger partial charge in [0.1, 0.15) is 5.82 Å². The van der Waals surface area contributed by atoms with Crippen LogP contribution in [-0.2, 0) is 10.3 Å². The van der Waals surface area contributed by atoms with Crippen molar-refractivity contribution in [2.75, 3.05) is 5.32 Å². The van der Waals surface area contributed by atoms with Gasteiger partial charge in [0.2, 0.25) is 5.91 Å². The van der Waals surface area contributed by atoms with E-state index >= 15 is 0 Å². The number of hydrogen-bond acceptors (Lipinski definition) is 2. The lowest BCUT2D eigenvalue weighted by Gasteiger charge is -2.28. The van der Waals surface area contributed by atoms with Gasteiger partial charge in [-0.3, -0.25) is 4.79 Å². The fourth-order valence-corrected chi connectivity index (χ4v) is 3.14. The van der Waals surface area contributed by atoms with Crippen molar-refractivity contribution < 1.29 is 4.79 Å². The molecule has 4 nitrogen and oxygen atoms in total. The van der Waals surface area contributed by atoms with Crippen molar-refractivity contribution in [2.45, 2.75) is 58.4 Å². The molecule has 0 radical (unpaired) electrons. The summed E-state index contributed by atoms with van der Waals surface area (Å²) in [5.41, 5.74) is 3.44. The minimum absolute atomic E-state index is 0.0569. The number of anilines is 1. The van der Waals surface area contributed by atoms with E-state index in [2.05, 4.69) is 69.3 Å². The topological polar surface area (TPSA) is 46.9 Å². The molecule has 0 saturated carbocycles. The number of nitrogens with zero attached hydrogens (tertiary/aromatic N) is 2. The second kappa shape index (κ2) is 5.52. The predicted octanol–water partition coefficient (Wildman–Crippen LogP) is 4.24. The first kappa shape index (κ1) is 15.8. The van der Waals surface area contributed by atoms with Gasteiger partial charge in [0.25, 0.3) is 0 Å². The molecule has 1 aromatic carbocycles. The monoisotopic (exact) mass is 311 g/mol. The molecule has 122 valence electrons. The molecule has 4 heteroatoms. The van der Waals surface area contributed by atoms with Crippen molar-refractivity contribution in [3.8, 4) is 0 Å². The molecule has 3 rings (SSSR count). The molecule has 0 bridgehead atoms. The number of nitrogens with one attached hydrogen (secondary N) is 1. The number of benzene rings is 1. The van der Waals surface area contributed by atoms with Crippen LogP contribution in [0.5, 0.6) is 0 Å². The first-order valence-electron chi connectivity index (χ1n) is 8.25. The first-order valence-corrected chi connectivity index (χ1v) is 8.25. The van der Waals surface area contributed by atoms with Crippen LogP contribution in [0, 0.1) is 0 Å². The van der Waals surface area contributed by atoms with Gasteiger partial charge in [-0.25, -0.2) is 4.68 Å². The highest BCUT2D eigenvalue weighted by Crippen LogP contribution is 2.39. The van der Waals surface area contributed by atoms with Crippen molar-refractivity contribution in [1.82, 2.24) is 9.78 Å². The largest absolute Gasteiger partial charge is 0.311 e. The molecule has 1 amide bonds. The van der Waals surface area contributed by atoms with E-state index in [0.29, 0.717) is 12.3 Å². The van der Waals surface area contributed by atoms with E-state index < -0.39 is 0 Å². The van der Waals surface area contributed by atoms with Crippen LogP contribution in [0.2, 0.25) is 0 Å². The van der Waals surface area contributed by atoms with Crippen LogP contribution in [0.1, 0.15) is 69.6 Å². The van der Waals surface area contributed by atoms with Crippen LogP contribution in [0.25, 0.3) is 0 Å². The molecule has 23 heavy (non-hydrogen) atoms. The molecule has 1 aliphatic rings. The van der Waals surface area contributed by atoms with Gasteiger partial charge in [-0.1, -0.05) is 38.1 Å². The van der Waals surface area contributed by atoms with E-state index in [9.17, 15) is 4.79 Å². The number of carbonyl (C=O) groups excluding carboxylic acids is 1. The Kier molecular flexibility index (Phi) is 3.78. The van der Waals surface area contributed by atoms with E-state index in [1.54, 1.807) is 0 Å². The molecule has 1 atom stereocenters. The molecule has 1 aliphatic heterocycles. The summed E-state index contributed by atoms with van der Waals surface area (Å²) in [4.78, 5) is 12.2. The van der Waals surface area contributed by atoms with Crippen LogP contribution >= 0.6 is 0 Å². The molecule has 1 unspecified atom stereocenters. The van der Waals surface area contributed by atoms with Crippen molar-refractivity contribution >= 4 is 11.7 Å². The summed E-state index contributed by atoms with van der Waals surface area (Å²) in [6, 6.07) is 8.63. The fourth-order valence-electron chi connectivity index (χ4n) is 3.14. The molecule has 1 N–H and O–H groups in total. The Morgan fingerprint density at radius 3 is 2.43 bits per heavy atom. The van der Waals surface area contributed by atoms with Crippen molar-refractivity contribution in [3.05, 3.63) is 47.2 Å². The molecule has 0 saturated heterocycles. The number of rotatable bonds is 2. The van der Waals surface area contributed by atoms with Gasteiger partial charge in [0, 0.05) is 17.9 Å². The summed E-state index contributed by atoms with van der Waals surface area (Å²) in [5, 5.41) is 7.53. The number of amides is 1. The van der Waals surface area contributed by atoms with E-state index in [-0.39, 0.29) is 17.4 Å². The molecule has 0 spiro atoms. The number of aromatic nitrogens is 2. The van der Waals surface area contributed by atoms with Gasteiger partial charge in [0.05, 0.1) is 11.7 Å². The maximum absolute atomic E-state index is 12.2. The summed E-state index contributed by atoms with van der Waals surface area (Å²) in [6.07, 6.45) is 2.38. The van der Waals surface area contributed by atoms with Crippen molar-refractivity contribution in [2.24, 2.45) is 0 Å². The Morgan fingerprint density at radius 1 is 1.22 bits per heavy atom. The van der Waals surface area contributed by atoms with E-state index in [4.69, 9.17) is 0 Å². The number of hydrogen-bond donors (Lipinski definition) is 1. The molecular weight excluding hydrogens is 286 g/mol. The van der Waals surface area contributed by atoms with Gasteiger partial charge in [-0.05, 0) is 37.8 Å². The zero-order chi connectivity index (χ0) is 16.8. The van der Waals surface area contributed by atoms with Crippen LogP contribution in [0.4, 0.5) is 5.82 Å². The van der Waals surface area contributed by atoms with Gasteiger partial charge < -0.3 is 5.32 Å². The highest BCUT2D eigenvalue weighted by atomic mass is 16.1. The third-order valence-corrected chi connectivity index (χ3v) is 4.46. The quantitative estimate of drug-likeness (QED) is 0.902. The summed E-state index contributed by atoms with van der Waals surface area (Å²) >= 11 is 0. The molecule has 1 aromatic heterocycles. The zero-order valence-electron chi connectivity index (χ0n) is 14.6. The summed E-state index contributed by atoms with van der Waals surface area (Å²) in [7, 11) is 0. The molecule has 0 aliphatic carbocycles. The Morgan fingerprint density at radius 2 is 1.87 bits per heavy atom. The number of carbonyl (C=O) groups is 1. The smallest absolute Gasteiger partial charge is 0.226 e. The minimum atomic E-state index is -0.162. The summed E-state index contributed by atoms with van der Waals surface area (Å²) in [5.74, 6) is 1.49. The molecule has 2 heterocycles. The zero-order valence-corrected chi connectivity index (χ0v) is 14.6. The van der Waals surface area contributed by atoms with Crippen molar-refractivity contribution in [1.29, 1.82) is 0 Å². The Hall–Kier alpha value is -2.10. The number of fused-ring (bicyclic) bond motifs is 1. The SMILES string of the molecule is CC(C)c1ccc(C2CC(=O)Nc3c2cnn3C(C)(C)C)cc1. The Labute approximate surface area is 137 Å². The predicted molar refractivity (Wildman–Crippen MR) is 92.8 cm³/mol. The molecular formula is C19H25N3O. The van der Waals surface area contributed by atoms with E-state index in [0.717, 1.165) is 11.4 Å². The van der Waals surface area contributed by atoms with E-state index in [1.807, 2.05) is 10.9 Å². The Balaban J connectivity index is 2.02. The minimum Gasteiger partial charge on any atom is -0.311 e. The second-order valence-corrected chi connectivity index (χ2v) is 7.66. The standard InChI is InChI=1S/C19H25N3O/c1-12(2)13-6-8-14(9-7-13)15-10-17(23)21-18-16(15)11-20-22(18)19(3,4)5/h6-9,11-12,15H,10H2,1-5H3,(H,21,23). The first-order chi connectivity index (χ1) is 10.8. The molecule has 2 aromatic rings. The fraction of sp³-hybridized carbons (Fsp3) is 0.474.